The zero-order valence-corrected chi connectivity index (χ0v) is 14.3. The van der Waals surface area contributed by atoms with Crippen LogP contribution in [0.3, 0.4) is 0 Å². The number of aromatic nitrogens is 5. The summed E-state index contributed by atoms with van der Waals surface area (Å²) >= 11 is 0. The highest BCUT2D eigenvalue weighted by Crippen LogP contribution is 2.32. The van der Waals surface area contributed by atoms with Gasteiger partial charge in [0.05, 0.1) is 29.5 Å². The lowest BCUT2D eigenvalue weighted by molar-refractivity contribution is -0.0221. The molecule has 1 saturated heterocycles. The van der Waals surface area contributed by atoms with Crippen molar-refractivity contribution in [1.29, 1.82) is 0 Å². The molecule has 0 amide bonds. The Morgan fingerprint density at radius 1 is 1.08 bits per heavy atom. The molecule has 0 spiro atoms. The Hall–Kier alpha value is -2.90. The minimum atomic E-state index is -2.59. The summed E-state index contributed by atoms with van der Waals surface area (Å²) in [7, 11) is 0. The standard InChI is InChI=1S/C18H18F2N6/c1-13-10-23-15(12-22-13)16-9-17(25-7-4-18(19,20)5-8-25)24-26(16)14-3-2-6-21-11-14/h2-3,6,9-12H,4-5,7-8H2,1H3. The monoisotopic (exact) mass is 356 g/mol. The maximum absolute atomic E-state index is 13.5. The zero-order chi connectivity index (χ0) is 18.1. The minimum Gasteiger partial charge on any atom is -0.355 e. The molecule has 3 aromatic rings. The first kappa shape index (κ1) is 16.6. The molecule has 0 aromatic carbocycles. The van der Waals surface area contributed by atoms with Crippen LogP contribution in [0.1, 0.15) is 18.5 Å². The first-order chi connectivity index (χ1) is 12.5. The highest BCUT2D eigenvalue weighted by atomic mass is 19.3. The fourth-order valence-electron chi connectivity index (χ4n) is 2.97. The number of hydrogen-bond acceptors (Lipinski definition) is 5. The van der Waals surface area contributed by atoms with Gasteiger partial charge in [-0.2, -0.15) is 0 Å². The normalized spacial score (nSPS) is 16.7. The van der Waals surface area contributed by atoms with Crippen molar-refractivity contribution in [3.8, 4) is 17.1 Å². The average molecular weight is 356 g/mol. The summed E-state index contributed by atoms with van der Waals surface area (Å²) in [5, 5.41) is 4.64. The Balaban J connectivity index is 1.74. The first-order valence-electron chi connectivity index (χ1n) is 8.44. The topological polar surface area (TPSA) is 59.7 Å². The molecule has 0 saturated carbocycles. The SMILES string of the molecule is Cc1cnc(-c2cc(N3CCC(F)(F)CC3)nn2-c2cccnc2)cn1. The Morgan fingerprint density at radius 3 is 2.54 bits per heavy atom. The lowest BCUT2D eigenvalue weighted by Gasteiger charge is -2.31. The summed E-state index contributed by atoms with van der Waals surface area (Å²) < 4.78 is 28.7. The van der Waals surface area contributed by atoms with Gasteiger partial charge in [-0.1, -0.05) is 0 Å². The van der Waals surface area contributed by atoms with Crippen LogP contribution in [-0.4, -0.2) is 43.7 Å². The molecule has 26 heavy (non-hydrogen) atoms. The summed E-state index contributed by atoms with van der Waals surface area (Å²) in [6, 6.07) is 5.58. The van der Waals surface area contributed by atoms with Crippen LogP contribution in [-0.2, 0) is 0 Å². The van der Waals surface area contributed by atoms with E-state index in [1.165, 1.54) is 0 Å². The number of halogens is 2. The second-order valence-corrected chi connectivity index (χ2v) is 6.40. The van der Waals surface area contributed by atoms with Crippen LogP contribution in [0, 0.1) is 6.92 Å². The number of piperidine rings is 1. The van der Waals surface area contributed by atoms with E-state index >= 15 is 0 Å². The molecular formula is C18H18F2N6. The van der Waals surface area contributed by atoms with Crippen LogP contribution in [0.25, 0.3) is 17.1 Å². The van der Waals surface area contributed by atoms with Gasteiger partial charge in [0.15, 0.2) is 5.82 Å². The Labute approximate surface area is 149 Å². The van der Waals surface area contributed by atoms with Gasteiger partial charge in [-0.05, 0) is 19.1 Å². The lowest BCUT2D eigenvalue weighted by Crippen LogP contribution is -2.39. The molecule has 1 aliphatic heterocycles. The van der Waals surface area contributed by atoms with E-state index in [1.54, 1.807) is 29.5 Å². The van der Waals surface area contributed by atoms with Crippen LogP contribution in [0.4, 0.5) is 14.6 Å². The Morgan fingerprint density at radius 2 is 1.88 bits per heavy atom. The van der Waals surface area contributed by atoms with Crippen LogP contribution >= 0.6 is 0 Å². The predicted octanol–water partition coefficient (Wildman–Crippen LogP) is 3.27. The third-order valence-electron chi connectivity index (χ3n) is 4.45. The van der Waals surface area contributed by atoms with Crippen molar-refractivity contribution in [2.75, 3.05) is 18.0 Å². The molecule has 4 rings (SSSR count). The van der Waals surface area contributed by atoms with Crippen molar-refractivity contribution in [3.05, 3.63) is 48.7 Å². The molecule has 0 atom stereocenters. The molecule has 6 nitrogen and oxygen atoms in total. The lowest BCUT2D eigenvalue weighted by atomic mass is 10.1. The van der Waals surface area contributed by atoms with E-state index < -0.39 is 5.92 Å². The van der Waals surface area contributed by atoms with Crippen LogP contribution in [0.5, 0.6) is 0 Å². The zero-order valence-electron chi connectivity index (χ0n) is 14.3. The highest BCUT2D eigenvalue weighted by molar-refractivity contribution is 5.62. The number of anilines is 1. The maximum Gasteiger partial charge on any atom is 0.251 e. The number of nitrogens with zero attached hydrogens (tertiary/aromatic N) is 6. The molecule has 0 N–H and O–H groups in total. The van der Waals surface area contributed by atoms with Gasteiger partial charge in [0, 0.05) is 44.4 Å². The third kappa shape index (κ3) is 3.26. The van der Waals surface area contributed by atoms with E-state index in [-0.39, 0.29) is 25.9 Å². The summed E-state index contributed by atoms with van der Waals surface area (Å²) in [5.74, 6) is -1.94. The second-order valence-electron chi connectivity index (χ2n) is 6.40. The molecule has 0 radical (unpaired) electrons. The minimum absolute atomic E-state index is 0.160. The molecule has 8 heteroatoms. The molecule has 0 aliphatic carbocycles. The van der Waals surface area contributed by atoms with Gasteiger partial charge in [-0.3, -0.25) is 15.0 Å². The molecule has 0 unspecified atom stereocenters. The molecular weight excluding hydrogens is 338 g/mol. The number of pyridine rings is 1. The van der Waals surface area contributed by atoms with Gasteiger partial charge in [-0.15, -0.1) is 5.10 Å². The van der Waals surface area contributed by atoms with Crippen molar-refractivity contribution in [3.63, 3.8) is 0 Å². The van der Waals surface area contributed by atoms with E-state index in [0.29, 0.717) is 11.5 Å². The van der Waals surface area contributed by atoms with Gasteiger partial charge in [-0.25, -0.2) is 13.5 Å². The van der Waals surface area contributed by atoms with Crippen LogP contribution < -0.4 is 4.90 Å². The van der Waals surface area contributed by atoms with Gasteiger partial charge in [0.25, 0.3) is 5.92 Å². The fraction of sp³-hybridized carbons (Fsp3) is 0.333. The van der Waals surface area contributed by atoms with Crippen molar-refractivity contribution in [2.24, 2.45) is 0 Å². The summed E-state index contributed by atoms with van der Waals surface area (Å²) in [6.07, 6.45) is 6.45. The van der Waals surface area contributed by atoms with E-state index in [9.17, 15) is 8.78 Å². The molecule has 0 bridgehead atoms. The highest BCUT2D eigenvalue weighted by Gasteiger charge is 2.35. The number of rotatable bonds is 3. The smallest absolute Gasteiger partial charge is 0.251 e. The molecule has 1 fully saturated rings. The van der Waals surface area contributed by atoms with E-state index in [0.717, 1.165) is 17.1 Å². The second kappa shape index (κ2) is 6.44. The van der Waals surface area contributed by atoms with E-state index in [2.05, 4.69) is 20.1 Å². The molecule has 4 heterocycles. The van der Waals surface area contributed by atoms with Gasteiger partial charge >= 0.3 is 0 Å². The van der Waals surface area contributed by atoms with E-state index in [1.807, 2.05) is 30.0 Å². The average Bonchev–Trinajstić information content (AvgIpc) is 3.08. The maximum atomic E-state index is 13.5. The molecule has 1 aliphatic rings. The quantitative estimate of drug-likeness (QED) is 0.721. The third-order valence-corrected chi connectivity index (χ3v) is 4.45. The number of hydrogen-bond donors (Lipinski definition) is 0. The van der Waals surface area contributed by atoms with Crippen molar-refractivity contribution in [2.45, 2.75) is 25.7 Å². The Bertz CT molecular complexity index is 882. The first-order valence-corrected chi connectivity index (χ1v) is 8.44. The van der Waals surface area contributed by atoms with Gasteiger partial charge in [0.1, 0.15) is 5.69 Å². The largest absolute Gasteiger partial charge is 0.355 e. The number of alkyl halides is 2. The van der Waals surface area contributed by atoms with Crippen LogP contribution in [0.15, 0.2) is 43.0 Å². The van der Waals surface area contributed by atoms with Crippen molar-refractivity contribution >= 4 is 5.82 Å². The summed E-state index contributed by atoms with van der Waals surface area (Å²) in [5.41, 5.74) is 3.01. The predicted molar refractivity (Wildman–Crippen MR) is 93.5 cm³/mol. The summed E-state index contributed by atoms with van der Waals surface area (Å²) in [6.45, 7) is 2.42. The Kier molecular flexibility index (Phi) is 4.10. The summed E-state index contributed by atoms with van der Waals surface area (Å²) in [4.78, 5) is 14.8. The van der Waals surface area contributed by atoms with Crippen LogP contribution in [0.2, 0.25) is 0 Å². The van der Waals surface area contributed by atoms with Gasteiger partial charge < -0.3 is 4.90 Å². The van der Waals surface area contributed by atoms with Gasteiger partial charge in [0.2, 0.25) is 0 Å². The number of aryl methyl sites for hydroxylation is 1. The van der Waals surface area contributed by atoms with Crippen molar-refractivity contribution < 1.29 is 8.78 Å². The van der Waals surface area contributed by atoms with Crippen molar-refractivity contribution in [1.82, 2.24) is 24.7 Å². The van der Waals surface area contributed by atoms with E-state index in [4.69, 9.17) is 0 Å². The molecule has 3 aromatic heterocycles. The fourth-order valence-corrected chi connectivity index (χ4v) is 2.97. The molecule has 134 valence electrons.